The van der Waals surface area contributed by atoms with Gasteiger partial charge < -0.3 is 5.11 Å². The fraction of sp³-hybridized carbons (Fsp3) is 0.429. The van der Waals surface area contributed by atoms with Crippen LogP contribution in [0.3, 0.4) is 0 Å². The van der Waals surface area contributed by atoms with Gasteiger partial charge >= 0.3 is 0 Å². The van der Waals surface area contributed by atoms with Crippen LogP contribution in [0.1, 0.15) is 36.7 Å². The lowest BCUT2D eigenvalue weighted by Crippen LogP contribution is -2.04. The molecule has 1 aromatic heterocycles. The van der Waals surface area contributed by atoms with Crippen LogP contribution in [-0.2, 0) is 13.0 Å². The van der Waals surface area contributed by atoms with Crippen molar-refractivity contribution in [3.63, 3.8) is 0 Å². The summed E-state index contributed by atoms with van der Waals surface area (Å²) in [5.41, 5.74) is 3.90. The van der Waals surface area contributed by atoms with E-state index in [9.17, 15) is 5.11 Å². The molecule has 0 aliphatic heterocycles. The number of aromatic nitrogens is 3. The number of hydrogen-bond donors (Lipinski definition) is 1. The molecule has 4 nitrogen and oxygen atoms in total. The third-order valence-corrected chi connectivity index (χ3v) is 3.01. The Labute approximate surface area is 107 Å². The van der Waals surface area contributed by atoms with Crippen molar-refractivity contribution >= 4 is 0 Å². The number of rotatable bonds is 5. The predicted octanol–water partition coefficient (Wildman–Crippen LogP) is 2.41. The molecule has 2 aromatic rings. The molecular formula is C14H19N3O. The summed E-state index contributed by atoms with van der Waals surface area (Å²) >= 11 is 0. The number of unbranched alkanes of at least 4 members (excludes halogenated alkanes) is 1. The molecule has 0 radical (unpaired) electrons. The number of hydrogen-bond acceptors (Lipinski definition) is 3. The van der Waals surface area contributed by atoms with E-state index in [0.717, 1.165) is 30.6 Å². The molecule has 0 spiro atoms. The highest BCUT2D eigenvalue weighted by molar-refractivity contribution is 5.36. The molecule has 0 fully saturated rings. The first-order valence-corrected chi connectivity index (χ1v) is 6.37. The summed E-state index contributed by atoms with van der Waals surface area (Å²) in [6.45, 7) is 4.16. The second-order valence-electron chi connectivity index (χ2n) is 4.50. The number of aliphatic hydroxyl groups is 1. The van der Waals surface area contributed by atoms with Crippen molar-refractivity contribution in [3.05, 3.63) is 41.2 Å². The number of aryl methyl sites for hydroxylation is 1. The maximum atomic E-state index is 9.32. The maximum absolute atomic E-state index is 9.32. The number of benzene rings is 1. The van der Waals surface area contributed by atoms with E-state index in [1.54, 1.807) is 0 Å². The van der Waals surface area contributed by atoms with Crippen LogP contribution in [0.5, 0.6) is 0 Å². The number of aliphatic hydroxyl groups excluding tert-OH is 1. The number of nitrogens with zero attached hydrogens (tertiary/aromatic N) is 3. The van der Waals surface area contributed by atoms with Crippen LogP contribution in [0.2, 0.25) is 0 Å². The van der Waals surface area contributed by atoms with E-state index in [-0.39, 0.29) is 6.61 Å². The minimum atomic E-state index is -0.0507. The summed E-state index contributed by atoms with van der Waals surface area (Å²) in [4.78, 5) is 0. The van der Waals surface area contributed by atoms with Gasteiger partial charge in [0.25, 0.3) is 0 Å². The monoisotopic (exact) mass is 245 g/mol. The highest BCUT2D eigenvalue weighted by Gasteiger charge is 2.12. The summed E-state index contributed by atoms with van der Waals surface area (Å²) in [5, 5.41) is 17.5. The lowest BCUT2D eigenvalue weighted by Gasteiger charge is -2.07. The van der Waals surface area contributed by atoms with Gasteiger partial charge in [0, 0.05) is 0 Å². The molecule has 0 bridgehead atoms. The van der Waals surface area contributed by atoms with Gasteiger partial charge in [-0.15, -0.1) is 5.10 Å². The van der Waals surface area contributed by atoms with Crippen molar-refractivity contribution in [2.45, 2.75) is 39.7 Å². The zero-order chi connectivity index (χ0) is 13.0. The summed E-state index contributed by atoms with van der Waals surface area (Å²) in [7, 11) is 0. The van der Waals surface area contributed by atoms with E-state index in [4.69, 9.17) is 0 Å². The molecule has 0 saturated heterocycles. The second kappa shape index (κ2) is 5.78. The molecule has 1 aromatic carbocycles. The molecule has 4 heteroatoms. The lowest BCUT2D eigenvalue weighted by atomic mass is 10.1. The Balaban J connectivity index is 2.40. The van der Waals surface area contributed by atoms with E-state index in [2.05, 4.69) is 36.3 Å². The smallest absolute Gasteiger partial charge is 0.112 e. The minimum absolute atomic E-state index is 0.0507. The summed E-state index contributed by atoms with van der Waals surface area (Å²) in [5.74, 6) is 0. The fourth-order valence-corrected chi connectivity index (χ4v) is 2.02. The van der Waals surface area contributed by atoms with Crippen molar-refractivity contribution < 1.29 is 5.11 Å². The van der Waals surface area contributed by atoms with Gasteiger partial charge in [-0.25, -0.2) is 4.68 Å². The Morgan fingerprint density at radius 1 is 1.33 bits per heavy atom. The van der Waals surface area contributed by atoms with Crippen LogP contribution in [0, 0.1) is 6.92 Å². The Morgan fingerprint density at radius 2 is 2.17 bits per heavy atom. The van der Waals surface area contributed by atoms with Crippen LogP contribution in [0.25, 0.3) is 5.69 Å². The van der Waals surface area contributed by atoms with E-state index >= 15 is 0 Å². The van der Waals surface area contributed by atoms with Gasteiger partial charge in [-0.3, -0.25) is 0 Å². The van der Waals surface area contributed by atoms with Crippen molar-refractivity contribution in [2.75, 3.05) is 0 Å². The zero-order valence-electron chi connectivity index (χ0n) is 10.9. The van der Waals surface area contributed by atoms with E-state index < -0.39 is 0 Å². The second-order valence-corrected chi connectivity index (χ2v) is 4.50. The van der Waals surface area contributed by atoms with Crippen LogP contribution >= 0.6 is 0 Å². The standard InChI is InChI=1S/C14H19N3O/c1-3-4-8-14-13(10-18)15-16-17(14)12-7-5-6-11(2)9-12/h5-7,9,18H,3-4,8,10H2,1-2H3. The Bertz CT molecular complexity index is 520. The van der Waals surface area contributed by atoms with Crippen LogP contribution in [0.4, 0.5) is 0 Å². The van der Waals surface area contributed by atoms with Crippen molar-refractivity contribution in [2.24, 2.45) is 0 Å². The average Bonchev–Trinajstić information content (AvgIpc) is 2.79. The quantitative estimate of drug-likeness (QED) is 0.880. The average molecular weight is 245 g/mol. The fourth-order valence-electron chi connectivity index (χ4n) is 2.02. The molecule has 18 heavy (non-hydrogen) atoms. The van der Waals surface area contributed by atoms with Crippen LogP contribution in [0.15, 0.2) is 24.3 Å². The molecule has 0 atom stereocenters. The molecule has 1 heterocycles. The molecule has 0 aliphatic rings. The zero-order valence-corrected chi connectivity index (χ0v) is 10.9. The highest BCUT2D eigenvalue weighted by Crippen LogP contribution is 2.16. The van der Waals surface area contributed by atoms with Crippen LogP contribution < -0.4 is 0 Å². The van der Waals surface area contributed by atoms with Gasteiger partial charge in [0.2, 0.25) is 0 Å². The third kappa shape index (κ3) is 2.59. The minimum Gasteiger partial charge on any atom is -0.390 e. The van der Waals surface area contributed by atoms with E-state index in [0.29, 0.717) is 5.69 Å². The van der Waals surface area contributed by atoms with Gasteiger partial charge in [0.15, 0.2) is 0 Å². The molecule has 1 N–H and O–H groups in total. The largest absolute Gasteiger partial charge is 0.390 e. The Kier molecular flexibility index (Phi) is 4.10. The van der Waals surface area contributed by atoms with E-state index in [1.807, 2.05) is 16.8 Å². The maximum Gasteiger partial charge on any atom is 0.112 e. The predicted molar refractivity (Wildman–Crippen MR) is 70.6 cm³/mol. The van der Waals surface area contributed by atoms with Crippen molar-refractivity contribution in [1.29, 1.82) is 0 Å². The van der Waals surface area contributed by atoms with Gasteiger partial charge in [0.05, 0.1) is 18.0 Å². The summed E-state index contributed by atoms with van der Waals surface area (Å²) in [6.07, 6.45) is 3.09. The summed E-state index contributed by atoms with van der Waals surface area (Å²) in [6, 6.07) is 8.15. The molecule has 96 valence electrons. The molecule has 0 amide bonds. The van der Waals surface area contributed by atoms with Gasteiger partial charge in [-0.05, 0) is 37.5 Å². The molecule has 0 saturated carbocycles. The topological polar surface area (TPSA) is 50.9 Å². The molecule has 0 unspecified atom stereocenters. The lowest BCUT2D eigenvalue weighted by molar-refractivity contribution is 0.275. The molecule has 2 rings (SSSR count). The van der Waals surface area contributed by atoms with Gasteiger partial charge in [-0.2, -0.15) is 0 Å². The van der Waals surface area contributed by atoms with E-state index in [1.165, 1.54) is 5.56 Å². The third-order valence-electron chi connectivity index (χ3n) is 3.01. The first kappa shape index (κ1) is 12.8. The SMILES string of the molecule is CCCCc1c(CO)nnn1-c1cccc(C)c1. The van der Waals surface area contributed by atoms with Gasteiger partial charge in [-0.1, -0.05) is 30.7 Å². The first-order valence-electron chi connectivity index (χ1n) is 6.37. The normalized spacial score (nSPS) is 10.8. The Morgan fingerprint density at radius 3 is 2.83 bits per heavy atom. The van der Waals surface area contributed by atoms with Crippen molar-refractivity contribution in [1.82, 2.24) is 15.0 Å². The van der Waals surface area contributed by atoms with Crippen molar-refractivity contribution in [3.8, 4) is 5.69 Å². The summed E-state index contributed by atoms with van der Waals surface area (Å²) < 4.78 is 1.84. The Hall–Kier alpha value is -1.68. The first-order chi connectivity index (χ1) is 8.76. The molecular weight excluding hydrogens is 226 g/mol. The van der Waals surface area contributed by atoms with Crippen LogP contribution in [-0.4, -0.2) is 20.1 Å². The highest BCUT2D eigenvalue weighted by atomic mass is 16.3. The van der Waals surface area contributed by atoms with Gasteiger partial charge in [0.1, 0.15) is 5.69 Å². The molecule has 0 aliphatic carbocycles.